The van der Waals surface area contributed by atoms with Crippen LogP contribution in [-0.2, 0) is 12.1 Å². The molecule has 3 aromatic rings. The molecular weight excluding hydrogens is 448 g/mol. The van der Waals surface area contributed by atoms with E-state index in [1.54, 1.807) is 16.8 Å². The van der Waals surface area contributed by atoms with Crippen LogP contribution in [0.2, 0.25) is 5.02 Å². The number of rotatable bonds is 3. The van der Waals surface area contributed by atoms with E-state index in [1.165, 1.54) is 18.5 Å². The molecule has 0 spiro atoms. The highest BCUT2D eigenvalue weighted by molar-refractivity contribution is 6.34. The summed E-state index contributed by atoms with van der Waals surface area (Å²) < 4.78 is 12.9. The summed E-state index contributed by atoms with van der Waals surface area (Å²) >= 11 is 6.25. The summed E-state index contributed by atoms with van der Waals surface area (Å²) in [6, 6.07) is 4.59. The number of carbonyl (C=O) groups excluding carboxylic acids is 1. The second-order valence-electron chi connectivity index (χ2n) is 8.11. The first kappa shape index (κ1) is 21.2. The molecule has 0 fully saturated rings. The second-order valence-corrected chi connectivity index (χ2v) is 8.52. The van der Waals surface area contributed by atoms with E-state index < -0.39 is 11.4 Å². The first-order valence-corrected chi connectivity index (χ1v) is 10.8. The molecule has 2 aromatic heterocycles. The lowest BCUT2D eigenvalue weighted by Gasteiger charge is -2.36. The van der Waals surface area contributed by atoms with Gasteiger partial charge >= 0.3 is 0 Å². The van der Waals surface area contributed by atoms with Crippen LogP contribution in [0.4, 0.5) is 5.69 Å². The molecule has 2 aliphatic rings. The number of nitrogens with zero attached hydrogens (tertiary/aromatic N) is 4. The van der Waals surface area contributed by atoms with Crippen LogP contribution in [0.5, 0.6) is 11.5 Å². The maximum atomic E-state index is 13.4. The predicted molar refractivity (Wildman–Crippen MR) is 120 cm³/mol. The number of nitrogen functional groups attached to an aromatic ring is 1. The number of amides is 1. The molecule has 0 radical (unpaired) electrons. The minimum atomic E-state index is -0.923. The van der Waals surface area contributed by atoms with E-state index in [0.717, 1.165) is 0 Å². The minimum absolute atomic E-state index is 0.194. The standard InChI is InChI=1S/C22H21ClN6O4/c1-22(28-20(31)12-9-13(23)17(24)19-18(12)32-7-8-33-19)4-2-6-29-16(30)10-15(27-21(22)29)14-3-5-25-11-26-14/h3,5,9-11H,2,4,6-8,24H2,1H3,(H,28,31). The van der Waals surface area contributed by atoms with Gasteiger partial charge in [-0.05, 0) is 31.9 Å². The lowest BCUT2D eigenvalue weighted by molar-refractivity contribution is 0.0870. The van der Waals surface area contributed by atoms with Crippen LogP contribution in [-0.4, -0.2) is 38.6 Å². The molecule has 1 amide bonds. The van der Waals surface area contributed by atoms with Gasteiger partial charge in [-0.25, -0.2) is 15.0 Å². The topological polar surface area (TPSA) is 134 Å². The molecule has 0 saturated heterocycles. The van der Waals surface area contributed by atoms with Crippen molar-refractivity contribution in [3.05, 3.63) is 57.5 Å². The molecule has 10 nitrogen and oxygen atoms in total. The van der Waals surface area contributed by atoms with Crippen molar-refractivity contribution >= 4 is 23.2 Å². The van der Waals surface area contributed by atoms with Gasteiger partial charge in [-0.1, -0.05) is 11.6 Å². The number of hydrogen-bond donors (Lipinski definition) is 2. The fourth-order valence-corrected chi connectivity index (χ4v) is 4.42. The van der Waals surface area contributed by atoms with Gasteiger partial charge < -0.3 is 20.5 Å². The summed E-state index contributed by atoms with van der Waals surface area (Å²) in [5, 5.41) is 3.24. The van der Waals surface area contributed by atoms with Crippen LogP contribution < -0.4 is 26.1 Å². The van der Waals surface area contributed by atoms with Crippen molar-refractivity contribution in [1.82, 2.24) is 24.8 Å². The van der Waals surface area contributed by atoms with Gasteiger partial charge in [-0.2, -0.15) is 0 Å². The van der Waals surface area contributed by atoms with Crippen molar-refractivity contribution in [2.24, 2.45) is 0 Å². The Hall–Kier alpha value is -3.66. The Balaban J connectivity index is 1.56. The molecule has 0 saturated carbocycles. The fourth-order valence-electron chi connectivity index (χ4n) is 4.22. The number of fused-ring (bicyclic) bond motifs is 2. The number of halogens is 1. The van der Waals surface area contributed by atoms with Gasteiger partial charge in [0.2, 0.25) is 0 Å². The third kappa shape index (κ3) is 3.66. The number of aromatic nitrogens is 4. The molecule has 0 aliphatic carbocycles. The number of ether oxygens (including phenoxy) is 2. The first-order chi connectivity index (χ1) is 15.9. The second kappa shape index (κ2) is 8.04. The van der Waals surface area contributed by atoms with Crippen molar-refractivity contribution in [1.29, 1.82) is 0 Å². The van der Waals surface area contributed by atoms with Crippen molar-refractivity contribution in [3.63, 3.8) is 0 Å². The molecule has 5 rings (SSSR count). The lowest BCUT2D eigenvalue weighted by atomic mass is 9.90. The molecule has 4 heterocycles. The maximum absolute atomic E-state index is 13.4. The highest BCUT2D eigenvalue weighted by atomic mass is 35.5. The van der Waals surface area contributed by atoms with Crippen LogP contribution in [0, 0.1) is 0 Å². The number of anilines is 1. The van der Waals surface area contributed by atoms with Crippen LogP contribution in [0.15, 0.2) is 35.5 Å². The highest BCUT2D eigenvalue weighted by Gasteiger charge is 2.38. The molecule has 1 atom stereocenters. The average molecular weight is 469 g/mol. The Morgan fingerprint density at radius 2 is 2.03 bits per heavy atom. The summed E-state index contributed by atoms with van der Waals surface area (Å²) in [6.45, 7) is 2.95. The number of benzene rings is 1. The summed E-state index contributed by atoms with van der Waals surface area (Å²) in [5.74, 6) is 0.528. The van der Waals surface area contributed by atoms with E-state index in [2.05, 4.69) is 15.3 Å². The van der Waals surface area contributed by atoms with Crippen molar-refractivity contribution in [3.8, 4) is 22.9 Å². The van der Waals surface area contributed by atoms with E-state index >= 15 is 0 Å². The molecule has 0 bridgehead atoms. The van der Waals surface area contributed by atoms with Gasteiger partial charge in [0.1, 0.15) is 25.4 Å². The summed E-state index contributed by atoms with van der Waals surface area (Å²) in [7, 11) is 0. The third-order valence-corrected chi connectivity index (χ3v) is 6.15. The van der Waals surface area contributed by atoms with E-state index in [9.17, 15) is 9.59 Å². The molecule has 33 heavy (non-hydrogen) atoms. The van der Waals surface area contributed by atoms with Crippen molar-refractivity contribution in [2.45, 2.75) is 31.8 Å². The van der Waals surface area contributed by atoms with E-state index in [-0.39, 0.29) is 39.9 Å². The molecular formula is C22H21ClN6O4. The van der Waals surface area contributed by atoms with E-state index in [0.29, 0.717) is 43.2 Å². The number of nitrogens with two attached hydrogens (primary N) is 1. The zero-order chi connectivity index (χ0) is 23.2. The largest absolute Gasteiger partial charge is 0.485 e. The Morgan fingerprint density at radius 3 is 2.79 bits per heavy atom. The SMILES string of the molecule is CC1(NC(=O)c2cc(Cl)c(N)c3c2OCCO3)CCCn2c1nc(-c1ccncn1)cc2=O. The Kier molecular flexibility index (Phi) is 5.16. The zero-order valence-electron chi connectivity index (χ0n) is 17.8. The van der Waals surface area contributed by atoms with E-state index in [1.807, 2.05) is 6.92 Å². The van der Waals surface area contributed by atoms with Crippen LogP contribution in [0.1, 0.15) is 35.9 Å². The Labute approximate surface area is 193 Å². The van der Waals surface area contributed by atoms with Gasteiger partial charge in [0, 0.05) is 18.8 Å². The molecule has 11 heteroatoms. The number of hydrogen-bond acceptors (Lipinski definition) is 8. The van der Waals surface area contributed by atoms with Gasteiger partial charge in [0.15, 0.2) is 11.5 Å². The van der Waals surface area contributed by atoms with Crippen LogP contribution in [0.3, 0.4) is 0 Å². The summed E-state index contributed by atoms with van der Waals surface area (Å²) in [4.78, 5) is 39.1. The van der Waals surface area contributed by atoms with Gasteiger partial charge in [-0.3, -0.25) is 14.2 Å². The van der Waals surface area contributed by atoms with Crippen molar-refractivity contribution < 1.29 is 14.3 Å². The van der Waals surface area contributed by atoms with Crippen LogP contribution in [0.25, 0.3) is 11.4 Å². The number of carbonyl (C=O) groups is 1. The Bertz CT molecular complexity index is 1310. The number of nitrogens with one attached hydrogen (secondary N) is 1. The van der Waals surface area contributed by atoms with Gasteiger partial charge in [-0.15, -0.1) is 0 Å². The molecule has 2 aliphatic heterocycles. The minimum Gasteiger partial charge on any atom is -0.485 e. The smallest absolute Gasteiger partial charge is 0.256 e. The van der Waals surface area contributed by atoms with Gasteiger partial charge in [0.25, 0.3) is 11.5 Å². The zero-order valence-corrected chi connectivity index (χ0v) is 18.6. The quantitative estimate of drug-likeness (QED) is 0.558. The monoisotopic (exact) mass is 468 g/mol. The Morgan fingerprint density at radius 1 is 1.24 bits per heavy atom. The molecule has 170 valence electrons. The molecule has 1 unspecified atom stereocenters. The van der Waals surface area contributed by atoms with Crippen molar-refractivity contribution in [2.75, 3.05) is 18.9 Å². The third-order valence-electron chi connectivity index (χ3n) is 5.84. The van der Waals surface area contributed by atoms with Crippen LogP contribution >= 0.6 is 11.6 Å². The normalized spacial score (nSPS) is 19.0. The fraction of sp³-hybridized carbons (Fsp3) is 0.318. The molecule has 1 aromatic carbocycles. The predicted octanol–water partition coefficient (Wildman–Crippen LogP) is 2.15. The summed E-state index contributed by atoms with van der Waals surface area (Å²) in [5.41, 5.74) is 6.24. The summed E-state index contributed by atoms with van der Waals surface area (Å²) in [6.07, 6.45) is 4.25. The van der Waals surface area contributed by atoms with E-state index in [4.69, 9.17) is 31.8 Å². The first-order valence-electron chi connectivity index (χ1n) is 10.5. The highest BCUT2D eigenvalue weighted by Crippen LogP contribution is 2.43. The lowest BCUT2D eigenvalue weighted by Crippen LogP contribution is -2.50. The van der Waals surface area contributed by atoms with Gasteiger partial charge in [0.05, 0.1) is 33.2 Å². The average Bonchev–Trinajstić information content (AvgIpc) is 2.82. The molecule has 3 N–H and O–H groups in total. The maximum Gasteiger partial charge on any atom is 0.256 e.